The number of para-hydroxylation sites is 1. The third kappa shape index (κ3) is 3.13. The molecule has 2 aromatic heterocycles. The summed E-state index contributed by atoms with van der Waals surface area (Å²) in [4.78, 5) is 23.2. The second kappa shape index (κ2) is 6.83. The second-order valence-electron chi connectivity index (χ2n) is 7.61. The smallest absolute Gasteiger partial charge is 0.223 e. The number of hydrogen-bond donors (Lipinski definition) is 1. The van der Waals surface area contributed by atoms with E-state index in [0.717, 1.165) is 59.6 Å². The first-order chi connectivity index (χ1) is 13.0. The summed E-state index contributed by atoms with van der Waals surface area (Å²) < 4.78 is 1.89. The van der Waals surface area contributed by atoms with Gasteiger partial charge in [-0.05, 0) is 57.2 Å². The molecule has 3 heterocycles. The lowest BCUT2D eigenvalue weighted by Gasteiger charge is -2.23. The van der Waals surface area contributed by atoms with E-state index in [1.807, 2.05) is 35.7 Å². The molecule has 142 valence electrons. The van der Waals surface area contributed by atoms with Crippen LogP contribution in [0, 0.1) is 20.8 Å². The topological polar surface area (TPSA) is 66.8 Å². The molecule has 0 radical (unpaired) electrons. The van der Waals surface area contributed by atoms with Gasteiger partial charge < -0.3 is 9.88 Å². The second-order valence-corrected chi connectivity index (χ2v) is 7.61. The maximum absolute atomic E-state index is 13.0. The number of nitrogens with zero attached hydrogens (tertiary/aromatic N) is 4. The third-order valence-corrected chi connectivity index (χ3v) is 5.87. The highest BCUT2D eigenvalue weighted by molar-refractivity contribution is 5.80. The normalized spacial score (nSPS) is 17.2. The predicted molar refractivity (Wildman–Crippen MR) is 106 cm³/mol. The molecule has 1 saturated heterocycles. The number of imidazole rings is 1. The van der Waals surface area contributed by atoms with Crippen LogP contribution in [-0.2, 0) is 18.3 Å². The highest BCUT2D eigenvalue weighted by Crippen LogP contribution is 2.32. The zero-order chi connectivity index (χ0) is 19.1. The fraction of sp³-hybridized carbons (Fsp3) is 0.476. The van der Waals surface area contributed by atoms with Crippen molar-refractivity contribution in [3.05, 3.63) is 46.5 Å². The maximum atomic E-state index is 13.0. The fourth-order valence-electron chi connectivity index (χ4n) is 4.26. The van der Waals surface area contributed by atoms with Gasteiger partial charge in [0.15, 0.2) is 0 Å². The van der Waals surface area contributed by atoms with Crippen molar-refractivity contribution in [3.8, 4) is 0 Å². The molecule has 4 rings (SSSR count). The van der Waals surface area contributed by atoms with Crippen molar-refractivity contribution >= 4 is 16.9 Å². The van der Waals surface area contributed by atoms with Crippen molar-refractivity contribution in [2.24, 2.45) is 7.05 Å². The number of amides is 1. The molecule has 1 fully saturated rings. The summed E-state index contributed by atoms with van der Waals surface area (Å²) in [7, 11) is 1.95. The Hall–Kier alpha value is -2.63. The van der Waals surface area contributed by atoms with Gasteiger partial charge in [0.05, 0.1) is 22.8 Å². The number of H-pyrrole nitrogens is 1. The first-order valence-corrected chi connectivity index (χ1v) is 9.69. The quantitative estimate of drug-likeness (QED) is 0.769. The van der Waals surface area contributed by atoms with Gasteiger partial charge in [0.25, 0.3) is 0 Å². The average Bonchev–Trinajstić information content (AvgIpc) is 3.33. The summed E-state index contributed by atoms with van der Waals surface area (Å²) in [5.74, 6) is 1.12. The summed E-state index contributed by atoms with van der Waals surface area (Å²) in [6.07, 6.45) is 3.25. The summed E-state index contributed by atoms with van der Waals surface area (Å²) in [6.45, 7) is 6.96. The van der Waals surface area contributed by atoms with Gasteiger partial charge in [-0.2, -0.15) is 5.10 Å². The number of carbonyl (C=O) groups is 1. The lowest BCUT2D eigenvalue weighted by atomic mass is 10.1. The van der Waals surface area contributed by atoms with E-state index in [0.29, 0.717) is 6.42 Å². The van der Waals surface area contributed by atoms with Crippen molar-refractivity contribution < 1.29 is 4.79 Å². The minimum Gasteiger partial charge on any atom is -0.340 e. The molecule has 0 bridgehead atoms. The largest absolute Gasteiger partial charge is 0.340 e. The number of aryl methyl sites for hydroxylation is 3. The number of carbonyl (C=O) groups excluding carboxylic acids is 1. The summed E-state index contributed by atoms with van der Waals surface area (Å²) in [5.41, 5.74) is 6.58. The van der Waals surface area contributed by atoms with Crippen molar-refractivity contribution in [1.29, 1.82) is 0 Å². The van der Waals surface area contributed by atoms with Gasteiger partial charge in [0.2, 0.25) is 5.91 Å². The van der Waals surface area contributed by atoms with Crippen molar-refractivity contribution in [2.75, 3.05) is 6.54 Å². The molecule has 0 saturated carbocycles. The van der Waals surface area contributed by atoms with Gasteiger partial charge in [-0.3, -0.25) is 9.48 Å². The highest BCUT2D eigenvalue weighted by atomic mass is 16.2. The molecule has 1 N–H and O–H groups in total. The van der Waals surface area contributed by atoms with Gasteiger partial charge in [-0.15, -0.1) is 0 Å². The molecule has 0 spiro atoms. The number of hydrogen-bond acceptors (Lipinski definition) is 3. The van der Waals surface area contributed by atoms with Crippen molar-refractivity contribution in [1.82, 2.24) is 24.6 Å². The standard InChI is InChI=1S/C21H27N5O/c1-13-7-5-8-17-20(13)23-21(22-17)18-9-6-12-26(18)19(27)11-10-16-14(2)24-25(4)15(16)3/h5,7-8,18H,6,9-12H2,1-4H3,(H,22,23)/t18-/m0/s1. The first-order valence-electron chi connectivity index (χ1n) is 9.69. The number of rotatable bonds is 4. The summed E-state index contributed by atoms with van der Waals surface area (Å²) in [6, 6.07) is 6.22. The van der Waals surface area contributed by atoms with E-state index in [1.54, 1.807) is 0 Å². The van der Waals surface area contributed by atoms with Crippen LogP contribution in [0.4, 0.5) is 0 Å². The zero-order valence-electron chi connectivity index (χ0n) is 16.5. The molecule has 1 amide bonds. The lowest BCUT2D eigenvalue weighted by molar-refractivity contribution is -0.132. The molecular formula is C21H27N5O. The molecule has 1 atom stereocenters. The predicted octanol–water partition coefficient (Wildman–Crippen LogP) is 3.52. The molecule has 0 unspecified atom stereocenters. The van der Waals surface area contributed by atoms with Crippen LogP contribution in [0.2, 0.25) is 0 Å². The van der Waals surface area contributed by atoms with E-state index in [9.17, 15) is 4.79 Å². The molecule has 1 aromatic carbocycles. The lowest BCUT2D eigenvalue weighted by Crippen LogP contribution is -2.31. The average molecular weight is 365 g/mol. The third-order valence-electron chi connectivity index (χ3n) is 5.87. The van der Waals surface area contributed by atoms with Crippen LogP contribution < -0.4 is 0 Å². The van der Waals surface area contributed by atoms with Crippen LogP contribution in [0.1, 0.15) is 53.6 Å². The molecule has 27 heavy (non-hydrogen) atoms. The van der Waals surface area contributed by atoms with Crippen LogP contribution in [-0.4, -0.2) is 37.1 Å². The van der Waals surface area contributed by atoms with E-state index >= 15 is 0 Å². The Kier molecular flexibility index (Phi) is 4.50. The van der Waals surface area contributed by atoms with Crippen molar-refractivity contribution in [3.63, 3.8) is 0 Å². The van der Waals surface area contributed by atoms with Gasteiger partial charge >= 0.3 is 0 Å². The van der Waals surface area contributed by atoms with Gasteiger partial charge in [0, 0.05) is 25.7 Å². The molecular weight excluding hydrogens is 338 g/mol. The highest BCUT2D eigenvalue weighted by Gasteiger charge is 2.32. The number of fused-ring (bicyclic) bond motifs is 1. The Labute approximate surface area is 159 Å². The minimum absolute atomic E-state index is 0.0559. The van der Waals surface area contributed by atoms with E-state index in [1.165, 1.54) is 5.56 Å². The van der Waals surface area contributed by atoms with Crippen LogP contribution in [0.25, 0.3) is 11.0 Å². The summed E-state index contributed by atoms with van der Waals surface area (Å²) in [5, 5.41) is 4.46. The minimum atomic E-state index is 0.0559. The summed E-state index contributed by atoms with van der Waals surface area (Å²) >= 11 is 0. The van der Waals surface area contributed by atoms with Crippen LogP contribution >= 0.6 is 0 Å². The van der Waals surface area contributed by atoms with E-state index < -0.39 is 0 Å². The van der Waals surface area contributed by atoms with E-state index in [2.05, 4.69) is 30.0 Å². The van der Waals surface area contributed by atoms with Crippen LogP contribution in [0.15, 0.2) is 18.2 Å². The zero-order valence-corrected chi connectivity index (χ0v) is 16.5. The number of likely N-dealkylation sites (tertiary alicyclic amines) is 1. The molecule has 1 aliphatic heterocycles. The molecule has 0 aliphatic carbocycles. The molecule has 6 nitrogen and oxygen atoms in total. The Bertz CT molecular complexity index is 1000. The SMILES string of the molecule is Cc1nn(C)c(C)c1CCC(=O)N1CCC[C@H]1c1nc2c(C)cccc2[nH]1. The number of aromatic nitrogens is 4. The number of benzene rings is 1. The fourth-order valence-corrected chi connectivity index (χ4v) is 4.26. The van der Waals surface area contributed by atoms with Gasteiger partial charge in [-0.25, -0.2) is 4.98 Å². The van der Waals surface area contributed by atoms with Crippen LogP contribution in [0.5, 0.6) is 0 Å². The maximum Gasteiger partial charge on any atom is 0.223 e. The van der Waals surface area contributed by atoms with Crippen molar-refractivity contribution in [2.45, 2.75) is 52.5 Å². The Morgan fingerprint density at radius 2 is 2.11 bits per heavy atom. The van der Waals surface area contributed by atoms with E-state index in [-0.39, 0.29) is 11.9 Å². The number of nitrogens with one attached hydrogen (secondary N) is 1. The van der Waals surface area contributed by atoms with Gasteiger partial charge in [-0.1, -0.05) is 12.1 Å². The number of aromatic amines is 1. The van der Waals surface area contributed by atoms with Crippen LogP contribution in [0.3, 0.4) is 0 Å². The van der Waals surface area contributed by atoms with E-state index in [4.69, 9.17) is 4.98 Å². The van der Waals surface area contributed by atoms with Gasteiger partial charge in [0.1, 0.15) is 5.82 Å². The molecule has 6 heteroatoms. The Balaban J connectivity index is 1.52. The molecule has 1 aliphatic rings. The Morgan fingerprint density at radius 1 is 1.30 bits per heavy atom. The molecule has 3 aromatic rings. The monoisotopic (exact) mass is 365 g/mol. The Morgan fingerprint density at radius 3 is 2.81 bits per heavy atom. The first kappa shape index (κ1) is 17.8.